The molecule has 0 saturated carbocycles. The summed E-state index contributed by atoms with van der Waals surface area (Å²) >= 11 is 0. The molecule has 1 aromatic carbocycles. The van der Waals surface area contributed by atoms with E-state index in [4.69, 9.17) is 4.74 Å². The number of carboxylic acids is 1. The fraction of sp³-hybridized carbons (Fsp3) is 0.480. The van der Waals surface area contributed by atoms with Gasteiger partial charge in [-0.05, 0) is 30.7 Å². The molecule has 1 aromatic heterocycles. The highest BCUT2D eigenvalue weighted by Crippen LogP contribution is 2.20. The van der Waals surface area contributed by atoms with Crippen LogP contribution in [0.5, 0.6) is 0 Å². The minimum Gasteiger partial charge on any atom is -0.480 e. The number of imidazole rings is 1. The number of carboxylic acid groups (broad SMARTS) is 1. The van der Waals surface area contributed by atoms with E-state index >= 15 is 0 Å². The van der Waals surface area contributed by atoms with Crippen molar-refractivity contribution in [3.63, 3.8) is 0 Å². The molecule has 1 aliphatic heterocycles. The van der Waals surface area contributed by atoms with Gasteiger partial charge in [0.15, 0.2) is 0 Å². The third-order valence-electron chi connectivity index (χ3n) is 5.93. The fourth-order valence-corrected chi connectivity index (χ4v) is 4.12. The van der Waals surface area contributed by atoms with Gasteiger partial charge in [-0.1, -0.05) is 44.2 Å². The Hall–Kier alpha value is -3.89. The third-order valence-corrected chi connectivity index (χ3v) is 5.93. The number of benzene rings is 1. The van der Waals surface area contributed by atoms with Gasteiger partial charge < -0.3 is 25.5 Å². The molecule has 3 rings (SSSR count). The Morgan fingerprint density at radius 2 is 1.92 bits per heavy atom. The summed E-state index contributed by atoms with van der Waals surface area (Å²) in [6.07, 6.45) is 3.72. The van der Waals surface area contributed by atoms with Gasteiger partial charge >= 0.3 is 12.1 Å². The molecule has 36 heavy (non-hydrogen) atoms. The molecule has 1 fully saturated rings. The predicted molar refractivity (Wildman–Crippen MR) is 130 cm³/mol. The molecule has 2 heterocycles. The zero-order chi connectivity index (χ0) is 26.1. The van der Waals surface area contributed by atoms with Gasteiger partial charge in [0.1, 0.15) is 24.7 Å². The maximum absolute atomic E-state index is 13.1. The first-order valence-corrected chi connectivity index (χ1v) is 12.0. The summed E-state index contributed by atoms with van der Waals surface area (Å²) in [6, 6.07) is 6.32. The fourth-order valence-electron chi connectivity index (χ4n) is 4.12. The average molecular weight is 500 g/mol. The molecule has 11 heteroatoms. The number of nitrogens with zero attached hydrogens (tertiary/aromatic N) is 2. The van der Waals surface area contributed by atoms with Crippen molar-refractivity contribution in [3.8, 4) is 0 Å². The lowest BCUT2D eigenvalue weighted by Crippen LogP contribution is -2.56. The van der Waals surface area contributed by atoms with Crippen molar-refractivity contribution in [2.45, 2.75) is 64.3 Å². The molecule has 0 bridgehead atoms. The summed E-state index contributed by atoms with van der Waals surface area (Å²) in [4.78, 5) is 58.6. The van der Waals surface area contributed by atoms with E-state index in [1.807, 2.05) is 44.2 Å². The first-order chi connectivity index (χ1) is 17.2. The molecule has 0 aliphatic carbocycles. The van der Waals surface area contributed by atoms with Crippen LogP contribution in [0.3, 0.4) is 0 Å². The van der Waals surface area contributed by atoms with Crippen molar-refractivity contribution in [1.29, 1.82) is 0 Å². The lowest BCUT2D eigenvalue weighted by atomic mass is 10.0. The van der Waals surface area contributed by atoms with Crippen LogP contribution in [-0.4, -0.2) is 68.5 Å². The highest BCUT2D eigenvalue weighted by Gasteiger charge is 2.37. The molecule has 2 aromatic rings. The van der Waals surface area contributed by atoms with Crippen LogP contribution >= 0.6 is 0 Å². The molecule has 4 N–H and O–H groups in total. The van der Waals surface area contributed by atoms with E-state index in [-0.39, 0.29) is 18.9 Å². The van der Waals surface area contributed by atoms with Gasteiger partial charge in [0.05, 0.1) is 6.33 Å². The van der Waals surface area contributed by atoms with Crippen molar-refractivity contribution >= 4 is 23.9 Å². The normalized spacial score (nSPS) is 16.9. The van der Waals surface area contributed by atoms with Crippen LogP contribution in [0.4, 0.5) is 4.79 Å². The van der Waals surface area contributed by atoms with Crippen molar-refractivity contribution < 1.29 is 29.0 Å². The number of ether oxygens (including phenoxy) is 1. The Bertz CT molecular complexity index is 1030. The number of aromatic nitrogens is 2. The highest BCUT2D eigenvalue weighted by atomic mass is 16.6. The Kier molecular flexibility index (Phi) is 9.43. The number of aliphatic carboxylic acids is 1. The Morgan fingerprint density at radius 3 is 2.56 bits per heavy atom. The van der Waals surface area contributed by atoms with E-state index in [1.54, 1.807) is 0 Å². The average Bonchev–Trinajstić information content (AvgIpc) is 3.54. The summed E-state index contributed by atoms with van der Waals surface area (Å²) in [5.74, 6) is -2.21. The van der Waals surface area contributed by atoms with Crippen LogP contribution in [0.15, 0.2) is 42.9 Å². The molecular formula is C25H33N5O6. The molecule has 0 unspecified atom stereocenters. The van der Waals surface area contributed by atoms with Gasteiger partial charge in [0.25, 0.3) is 0 Å². The van der Waals surface area contributed by atoms with Crippen LogP contribution in [0.25, 0.3) is 0 Å². The number of nitrogens with one attached hydrogen (secondary N) is 3. The van der Waals surface area contributed by atoms with Gasteiger partial charge in [0, 0.05) is 24.9 Å². The first-order valence-electron chi connectivity index (χ1n) is 12.0. The summed E-state index contributed by atoms with van der Waals surface area (Å²) in [5.41, 5.74) is 1.39. The summed E-state index contributed by atoms with van der Waals surface area (Å²) in [7, 11) is 0. The third kappa shape index (κ3) is 7.56. The number of carbonyl (C=O) groups is 4. The minimum absolute atomic E-state index is 0.0209. The zero-order valence-electron chi connectivity index (χ0n) is 20.5. The highest BCUT2D eigenvalue weighted by molar-refractivity contribution is 5.93. The van der Waals surface area contributed by atoms with Crippen molar-refractivity contribution in [2.24, 2.45) is 5.92 Å². The van der Waals surface area contributed by atoms with E-state index in [0.29, 0.717) is 31.5 Å². The maximum Gasteiger partial charge on any atom is 0.410 e. The number of aromatic amines is 1. The Morgan fingerprint density at radius 1 is 1.17 bits per heavy atom. The topological polar surface area (TPSA) is 154 Å². The summed E-state index contributed by atoms with van der Waals surface area (Å²) in [5, 5.41) is 14.8. The Balaban J connectivity index is 1.62. The molecule has 194 valence electrons. The molecule has 11 nitrogen and oxygen atoms in total. The van der Waals surface area contributed by atoms with Gasteiger partial charge in [-0.25, -0.2) is 14.6 Å². The molecule has 0 spiro atoms. The van der Waals surface area contributed by atoms with E-state index < -0.39 is 42.0 Å². The van der Waals surface area contributed by atoms with Crippen LogP contribution < -0.4 is 10.6 Å². The van der Waals surface area contributed by atoms with Crippen LogP contribution in [-0.2, 0) is 32.1 Å². The number of hydrogen-bond acceptors (Lipinski definition) is 6. The second kappa shape index (κ2) is 12.7. The summed E-state index contributed by atoms with van der Waals surface area (Å²) < 4.78 is 5.39. The number of amides is 3. The van der Waals surface area contributed by atoms with Gasteiger partial charge in [-0.2, -0.15) is 0 Å². The monoisotopic (exact) mass is 499 g/mol. The van der Waals surface area contributed by atoms with Crippen LogP contribution in [0, 0.1) is 5.92 Å². The number of H-pyrrole nitrogens is 1. The van der Waals surface area contributed by atoms with Gasteiger partial charge in [0.2, 0.25) is 11.8 Å². The quantitative estimate of drug-likeness (QED) is 0.368. The number of likely N-dealkylation sites (tertiary alicyclic amines) is 1. The lowest BCUT2D eigenvalue weighted by molar-refractivity contribution is -0.142. The number of rotatable bonds is 11. The standard InChI is InChI=1S/C25H33N5O6/c1-16(2)11-19(22(31)29-20(24(33)34)12-18-13-26-15-27-18)28-23(32)21-9-6-10-30(21)25(35)36-14-17-7-4-3-5-8-17/h3-5,7-8,13,15-16,19-21H,6,9-12,14H2,1-2H3,(H,26,27)(H,28,32)(H,29,31)(H,33,34)/t19-,20-,21-/m0/s1. The second-order valence-electron chi connectivity index (χ2n) is 9.26. The molecule has 0 radical (unpaired) electrons. The van der Waals surface area contributed by atoms with Crippen molar-refractivity contribution in [3.05, 3.63) is 54.1 Å². The SMILES string of the molecule is CC(C)C[C@H](NC(=O)[C@@H]1CCCN1C(=O)OCc1ccccc1)C(=O)N[C@@H](Cc1cnc[nH]1)C(=O)O. The van der Waals surface area contributed by atoms with E-state index in [2.05, 4.69) is 20.6 Å². The molecule has 3 amide bonds. The van der Waals surface area contributed by atoms with E-state index in [0.717, 1.165) is 5.56 Å². The molecular weight excluding hydrogens is 466 g/mol. The number of carbonyl (C=O) groups excluding carboxylic acids is 3. The van der Waals surface area contributed by atoms with Crippen LogP contribution in [0.2, 0.25) is 0 Å². The molecule has 3 atom stereocenters. The molecule has 1 saturated heterocycles. The predicted octanol–water partition coefficient (Wildman–Crippen LogP) is 1.85. The van der Waals surface area contributed by atoms with Crippen molar-refractivity contribution in [2.75, 3.05) is 6.54 Å². The second-order valence-corrected chi connectivity index (χ2v) is 9.26. The van der Waals surface area contributed by atoms with Gasteiger partial charge in [-0.15, -0.1) is 0 Å². The van der Waals surface area contributed by atoms with Crippen molar-refractivity contribution in [1.82, 2.24) is 25.5 Å². The van der Waals surface area contributed by atoms with Crippen LogP contribution in [0.1, 0.15) is 44.4 Å². The summed E-state index contributed by atoms with van der Waals surface area (Å²) in [6.45, 7) is 4.26. The lowest BCUT2D eigenvalue weighted by Gasteiger charge is -2.27. The van der Waals surface area contributed by atoms with E-state index in [9.17, 15) is 24.3 Å². The smallest absolute Gasteiger partial charge is 0.410 e. The number of hydrogen-bond donors (Lipinski definition) is 4. The largest absolute Gasteiger partial charge is 0.480 e. The Labute approximate surface area is 209 Å². The van der Waals surface area contributed by atoms with Gasteiger partial charge in [-0.3, -0.25) is 14.5 Å². The maximum atomic E-state index is 13.1. The first kappa shape index (κ1) is 26.7. The molecule has 1 aliphatic rings. The van der Waals surface area contributed by atoms with E-state index in [1.165, 1.54) is 17.4 Å². The minimum atomic E-state index is -1.20. The zero-order valence-corrected chi connectivity index (χ0v) is 20.5.